The summed E-state index contributed by atoms with van der Waals surface area (Å²) in [5.74, 6) is -0.312. The van der Waals surface area contributed by atoms with E-state index in [1.165, 1.54) is 7.11 Å². The first kappa shape index (κ1) is 12.3. The molecule has 0 atom stereocenters. The number of nitrogens with one attached hydrogen (secondary N) is 1. The fraction of sp³-hybridized carbons (Fsp3) is 0.300. The van der Waals surface area contributed by atoms with Crippen molar-refractivity contribution in [3.05, 3.63) is 33.8 Å². The minimum Gasteiger partial charge on any atom is -0.468 e. The van der Waals surface area contributed by atoms with Gasteiger partial charge in [-0.1, -0.05) is 23.2 Å². The molecule has 0 heterocycles. The molecule has 0 radical (unpaired) electrons. The number of hydrogen-bond donors (Lipinski definition) is 1. The molecule has 0 spiro atoms. The van der Waals surface area contributed by atoms with Gasteiger partial charge in [0.1, 0.15) is 0 Å². The Morgan fingerprint density at radius 2 is 2.20 bits per heavy atom. The molecule has 1 aromatic carbocycles. The van der Waals surface area contributed by atoms with Crippen molar-refractivity contribution in [3.8, 4) is 0 Å². The monoisotopic (exact) mass is 247 g/mol. The number of ether oxygens (including phenoxy) is 1. The first-order valence-electron chi connectivity index (χ1n) is 4.35. The van der Waals surface area contributed by atoms with E-state index in [0.717, 1.165) is 5.56 Å². The lowest BCUT2D eigenvalue weighted by Crippen LogP contribution is -2.23. The van der Waals surface area contributed by atoms with E-state index < -0.39 is 0 Å². The average Bonchev–Trinajstić information content (AvgIpc) is 2.23. The van der Waals surface area contributed by atoms with Crippen LogP contribution >= 0.6 is 23.2 Å². The molecule has 0 aromatic heterocycles. The second kappa shape index (κ2) is 5.95. The number of carbonyl (C=O) groups is 1. The zero-order valence-corrected chi connectivity index (χ0v) is 9.73. The summed E-state index contributed by atoms with van der Waals surface area (Å²) in [7, 11) is 1.34. The number of halogens is 2. The van der Waals surface area contributed by atoms with Gasteiger partial charge >= 0.3 is 5.97 Å². The first-order chi connectivity index (χ1) is 7.13. The van der Waals surface area contributed by atoms with E-state index in [-0.39, 0.29) is 12.5 Å². The van der Waals surface area contributed by atoms with Crippen molar-refractivity contribution in [2.24, 2.45) is 0 Å². The Kier molecular flexibility index (Phi) is 4.88. The normalized spacial score (nSPS) is 10.1. The molecule has 0 aliphatic heterocycles. The maximum atomic E-state index is 10.8. The van der Waals surface area contributed by atoms with E-state index in [9.17, 15) is 4.79 Å². The van der Waals surface area contributed by atoms with Crippen LogP contribution in [0.3, 0.4) is 0 Å². The summed E-state index contributed by atoms with van der Waals surface area (Å²) in [6, 6.07) is 5.20. The highest BCUT2D eigenvalue weighted by atomic mass is 35.5. The molecule has 0 fully saturated rings. The summed E-state index contributed by atoms with van der Waals surface area (Å²) in [6.45, 7) is 0.633. The van der Waals surface area contributed by atoms with Crippen LogP contribution in [0.25, 0.3) is 0 Å². The molecule has 1 rings (SSSR count). The third kappa shape index (κ3) is 4.08. The quantitative estimate of drug-likeness (QED) is 0.830. The summed E-state index contributed by atoms with van der Waals surface area (Å²) >= 11 is 11.7. The molecule has 0 unspecified atom stereocenters. The van der Waals surface area contributed by atoms with Crippen LogP contribution in [0, 0.1) is 0 Å². The van der Waals surface area contributed by atoms with Crippen LogP contribution in [0.5, 0.6) is 0 Å². The standard InChI is InChI=1S/C10H11Cl2NO2/c1-15-10(14)6-13-5-7-4-8(11)2-3-9(7)12/h2-4,13H,5-6H2,1H3. The van der Waals surface area contributed by atoms with Gasteiger partial charge in [0.2, 0.25) is 0 Å². The van der Waals surface area contributed by atoms with Gasteiger partial charge in [-0.2, -0.15) is 0 Å². The lowest BCUT2D eigenvalue weighted by atomic mass is 10.2. The number of benzene rings is 1. The smallest absolute Gasteiger partial charge is 0.319 e. The fourth-order valence-electron chi connectivity index (χ4n) is 1.05. The van der Waals surface area contributed by atoms with Crippen molar-refractivity contribution >= 4 is 29.2 Å². The molecular weight excluding hydrogens is 237 g/mol. The predicted octanol–water partition coefficient (Wildman–Crippen LogP) is 2.26. The zero-order chi connectivity index (χ0) is 11.3. The summed E-state index contributed by atoms with van der Waals surface area (Å²) in [5, 5.41) is 4.14. The van der Waals surface area contributed by atoms with Gasteiger partial charge in [-0.15, -0.1) is 0 Å². The minimum atomic E-state index is -0.312. The van der Waals surface area contributed by atoms with E-state index in [1.54, 1.807) is 18.2 Å². The second-order valence-electron chi connectivity index (χ2n) is 2.92. The summed E-state index contributed by atoms with van der Waals surface area (Å²) in [5.41, 5.74) is 0.855. The molecule has 82 valence electrons. The van der Waals surface area contributed by atoms with E-state index in [0.29, 0.717) is 16.6 Å². The number of methoxy groups -OCH3 is 1. The van der Waals surface area contributed by atoms with Gasteiger partial charge in [0, 0.05) is 16.6 Å². The summed E-state index contributed by atoms with van der Waals surface area (Å²) in [4.78, 5) is 10.8. The van der Waals surface area contributed by atoms with Crippen molar-refractivity contribution in [3.63, 3.8) is 0 Å². The predicted molar refractivity (Wildman–Crippen MR) is 60.2 cm³/mol. The molecule has 0 bridgehead atoms. The van der Waals surface area contributed by atoms with Crippen LogP contribution in [0.15, 0.2) is 18.2 Å². The molecular formula is C10H11Cl2NO2. The van der Waals surface area contributed by atoms with Crippen molar-refractivity contribution in [1.29, 1.82) is 0 Å². The number of rotatable bonds is 4. The summed E-state index contributed by atoms with van der Waals surface area (Å²) < 4.78 is 4.48. The van der Waals surface area contributed by atoms with Gasteiger partial charge in [0.05, 0.1) is 13.7 Å². The topological polar surface area (TPSA) is 38.3 Å². The zero-order valence-electron chi connectivity index (χ0n) is 8.22. The molecule has 15 heavy (non-hydrogen) atoms. The second-order valence-corrected chi connectivity index (χ2v) is 3.76. The summed E-state index contributed by atoms with van der Waals surface area (Å²) in [6.07, 6.45) is 0. The van der Waals surface area contributed by atoms with E-state index in [2.05, 4.69) is 10.1 Å². The molecule has 0 saturated heterocycles. The van der Waals surface area contributed by atoms with Crippen LogP contribution < -0.4 is 5.32 Å². The molecule has 5 heteroatoms. The molecule has 1 N–H and O–H groups in total. The maximum Gasteiger partial charge on any atom is 0.319 e. The third-order valence-electron chi connectivity index (χ3n) is 1.82. The highest BCUT2D eigenvalue weighted by Gasteiger charge is 2.03. The SMILES string of the molecule is COC(=O)CNCc1cc(Cl)ccc1Cl. The van der Waals surface area contributed by atoms with E-state index >= 15 is 0 Å². The number of carbonyl (C=O) groups excluding carboxylic acids is 1. The fourth-order valence-corrected chi connectivity index (χ4v) is 1.43. The first-order valence-corrected chi connectivity index (χ1v) is 5.10. The van der Waals surface area contributed by atoms with Crippen molar-refractivity contribution in [1.82, 2.24) is 5.32 Å². The van der Waals surface area contributed by atoms with Crippen LogP contribution in [0.2, 0.25) is 10.0 Å². The van der Waals surface area contributed by atoms with Gasteiger partial charge in [-0.05, 0) is 23.8 Å². The Morgan fingerprint density at radius 3 is 2.87 bits per heavy atom. The lowest BCUT2D eigenvalue weighted by Gasteiger charge is -2.06. The van der Waals surface area contributed by atoms with Gasteiger partial charge in [0.25, 0.3) is 0 Å². The molecule has 0 saturated carbocycles. The Labute approximate surface area is 98.3 Å². The molecule has 3 nitrogen and oxygen atoms in total. The molecule has 0 amide bonds. The minimum absolute atomic E-state index is 0.152. The van der Waals surface area contributed by atoms with Crippen LogP contribution in [0.4, 0.5) is 0 Å². The Hall–Kier alpha value is -0.770. The van der Waals surface area contributed by atoms with E-state index in [4.69, 9.17) is 23.2 Å². The third-order valence-corrected chi connectivity index (χ3v) is 2.42. The molecule has 0 aliphatic rings. The van der Waals surface area contributed by atoms with Crippen LogP contribution in [0.1, 0.15) is 5.56 Å². The Balaban J connectivity index is 2.50. The van der Waals surface area contributed by atoms with Gasteiger partial charge in [-0.3, -0.25) is 4.79 Å². The van der Waals surface area contributed by atoms with Crippen molar-refractivity contribution < 1.29 is 9.53 Å². The Bertz CT molecular complexity index is 355. The van der Waals surface area contributed by atoms with Crippen molar-refractivity contribution in [2.45, 2.75) is 6.54 Å². The largest absolute Gasteiger partial charge is 0.468 e. The highest BCUT2D eigenvalue weighted by Crippen LogP contribution is 2.20. The molecule has 1 aromatic rings. The lowest BCUT2D eigenvalue weighted by molar-refractivity contribution is -0.139. The highest BCUT2D eigenvalue weighted by molar-refractivity contribution is 6.33. The average molecular weight is 248 g/mol. The number of esters is 1. The maximum absolute atomic E-state index is 10.8. The van der Waals surface area contributed by atoms with E-state index in [1.807, 2.05) is 0 Å². The van der Waals surface area contributed by atoms with Gasteiger partial charge in [-0.25, -0.2) is 0 Å². The van der Waals surface area contributed by atoms with Crippen LogP contribution in [-0.2, 0) is 16.1 Å². The van der Waals surface area contributed by atoms with Crippen LogP contribution in [-0.4, -0.2) is 19.6 Å². The van der Waals surface area contributed by atoms with Crippen molar-refractivity contribution in [2.75, 3.05) is 13.7 Å². The molecule has 0 aliphatic carbocycles. The Morgan fingerprint density at radius 1 is 1.47 bits per heavy atom. The van der Waals surface area contributed by atoms with Gasteiger partial charge < -0.3 is 10.1 Å². The van der Waals surface area contributed by atoms with Gasteiger partial charge in [0.15, 0.2) is 0 Å². The number of hydrogen-bond acceptors (Lipinski definition) is 3.